The van der Waals surface area contributed by atoms with Crippen molar-refractivity contribution in [3.8, 4) is 11.3 Å². The summed E-state index contributed by atoms with van der Waals surface area (Å²) in [5, 5.41) is 0. The number of methoxy groups -OCH3 is 1. The van der Waals surface area contributed by atoms with Gasteiger partial charge in [0.2, 0.25) is 0 Å². The Hall–Kier alpha value is -2.68. The van der Waals surface area contributed by atoms with E-state index >= 15 is 0 Å². The van der Waals surface area contributed by atoms with Crippen molar-refractivity contribution in [3.63, 3.8) is 0 Å². The number of carbonyl (C=O) groups is 1. The second kappa shape index (κ2) is 10.5. The number of anilines is 1. The van der Waals surface area contributed by atoms with Crippen LogP contribution < -0.4 is 10.3 Å². The standard InChI is InChI=1S/C23H19NO5S2.C2H6/c1-27-23(26)14-5-6-18-20(11-14)30-19-4-2-3-16(22(19)31-18)17-12-15(25)13-21(29-17)24-7-9-28-10-8-24;1-2/h2-6,11-13H,7-10H2,1H3;1-2H3. The quantitative estimate of drug-likeness (QED) is 0.350. The van der Waals surface area contributed by atoms with Crippen molar-refractivity contribution < 1.29 is 18.7 Å². The first-order valence-electron chi connectivity index (χ1n) is 10.8. The van der Waals surface area contributed by atoms with E-state index in [1.54, 1.807) is 35.7 Å². The van der Waals surface area contributed by atoms with Crippen molar-refractivity contribution >= 4 is 35.4 Å². The van der Waals surface area contributed by atoms with E-state index in [-0.39, 0.29) is 11.4 Å². The Kier molecular flexibility index (Phi) is 7.47. The van der Waals surface area contributed by atoms with E-state index in [9.17, 15) is 9.59 Å². The average Bonchev–Trinajstić information content (AvgIpc) is 2.87. The summed E-state index contributed by atoms with van der Waals surface area (Å²) in [5.41, 5.74) is 1.32. The molecule has 3 aromatic rings. The number of ether oxygens (including phenoxy) is 2. The summed E-state index contributed by atoms with van der Waals surface area (Å²) in [6.07, 6.45) is 0. The van der Waals surface area contributed by atoms with Gasteiger partial charge >= 0.3 is 5.97 Å². The Morgan fingerprint density at radius 3 is 2.52 bits per heavy atom. The van der Waals surface area contributed by atoms with E-state index in [1.807, 2.05) is 49.1 Å². The van der Waals surface area contributed by atoms with Crippen molar-refractivity contribution in [2.75, 3.05) is 38.3 Å². The highest BCUT2D eigenvalue weighted by molar-refractivity contribution is 8.05. The van der Waals surface area contributed by atoms with Gasteiger partial charge in [-0.25, -0.2) is 4.79 Å². The molecule has 2 aliphatic heterocycles. The molecule has 0 radical (unpaired) electrons. The maximum Gasteiger partial charge on any atom is 0.337 e. The summed E-state index contributed by atoms with van der Waals surface area (Å²) in [4.78, 5) is 30.5. The molecular formula is C25H25NO5S2. The number of benzene rings is 2. The lowest BCUT2D eigenvalue weighted by Gasteiger charge is -2.27. The third-order valence-electron chi connectivity index (χ3n) is 5.12. The zero-order valence-electron chi connectivity index (χ0n) is 18.8. The first-order chi connectivity index (χ1) is 16.1. The lowest BCUT2D eigenvalue weighted by Crippen LogP contribution is -2.36. The minimum absolute atomic E-state index is 0.0862. The number of morpholine rings is 1. The molecule has 1 fully saturated rings. The van der Waals surface area contributed by atoms with Crippen molar-refractivity contribution in [2.24, 2.45) is 0 Å². The highest BCUT2D eigenvalue weighted by atomic mass is 32.2. The molecule has 1 saturated heterocycles. The molecule has 3 heterocycles. The number of hydrogen-bond acceptors (Lipinski definition) is 8. The van der Waals surface area contributed by atoms with E-state index in [0.717, 1.165) is 25.1 Å². The fourth-order valence-electron chi connectivity index (χ4n) is 3.58. The van der Waals surface area contributed by atoms with Crippen LogP contribution >= 0.6 is 23.5 Å². The Labute approximate surface area is 201 Å². The SMILES string of the molecule is CC.COC(=O)c1ccc2c(c1)Sc1cccc(-c3cc(=O)cc(N4CCOCC4)o3)c1S2. The average molecular weight is 484 g/mol. The summed E-state index contributed by atoms with van der Waals surface area (Å²) in [6.45, 7) is 6.62. The van der Waals surface area contributed by atoms with E-state index in [4.69, 9.17) is 13.9 Å². The minimum atomic E-state index is -0.352. The van der Waals surface area contributed by atoms with Gasteiger partial charge in [-0.1, -0.05) is 49.5 Å². The fraction of sp³-hybridized carbons (Fsp3) is 0.280. The molecule has 172 valence electrons. The first-order valence-corrected chi connectivity index (χ1v) is 12.4. The predicted octanol–water partition coefficient (Wildman–Crippen LogP) is 5.57. The second-order valence-corrected chi connectivity index (χ2v) is 9.22. The second-order valence-electron chi connectivity index (χ2n) is 7.09. The van der Waals surface area contributed by atoms with Crippen LogP contribution in [-0.2, 0) is 9.47 Å². The maximum absolute atomic E-state index is 12.4. The van der Waals surface area contributed by atoms with Crippen LogP contribution in [-0.4, -0.2) is 39.4 Å². The first kappa shape index (κ1) is 23.5. The summed E-state index contributed by atoms with van der Waals surface area (Å²) in [7, 11) is 1.38. The van der Waals surface area contributed by atoms with E-state index in [1.165, 1.54) is 13.2 Å². The van der Waals surface area contributed by atoms with Crippen LogP contribution in [0.4, 0.5) is 5.88 Å². The molecule has 0 unspecified atom stereocenters. The van der Waals surface area contributed by atoms with Gasteiger partial charge in [0.05, 0.1) is 25.9 Å². The van der Waals surface area contributed by atoms with Crippen LogP contribution in [0.25, 0.3) is 11.3 Å². The largest absolute Gasteiger partial charge is 0.465 e. The topological polar surface area (TPSA) is 69.0 Å². The third-order valence-corrected chi connectivity index (χ3v) is 7.71. The van der Waals surface area contributed by atoms with Crippen molar-refractivity contribution in [2.45, 2.75) is 33.4 Å². The molecule has 0 saturated carbocycles. The lowest BCUT2D eigenvalue weighted by atomic mass is 10.1. The van der Waals surface area contributed by atoms with Crippen LogP contribution in [0.2, 0.25) is 0 Å². The van der Waals surface area contributed by atoms with Crippen LogP contribution in [0.1, 0.15) is 24.2 Å². The molecule has 1 aromatic heterocycles. The summed E-state index contributed by atoms with van der Waals surface area (Å²) >= 11 is 3.21. The van der Waals surface area contributed by atoms with E-state index in [0.29, 0.717) is 43.5 Å². The predicted molar refractivity (Wildman–Crippen MR) is 131 cm³/mol. The van der Waals surface area contributed by atoms with Crippen molar-refractivity contribution in [3.05, 3.63) is 64.3 Å². The van der Waals surface area contributed by atoms with Gasteiger partial charge in [-0.05, 0) is 24.3 Å². The van der Waals surface area contributed by atoms with Gasteiger partial charge in [-0.2, -0.15) is 0 Å². The molecule has 6 nitrogen and oxygen atoms in total. The number of carbonyl (C=O) groups excluding carboxylic acids is 1. The fourth-order valence-corrected chi connectivity index (χ4v) is 5.98. The van der Waals surface area contributed by atoms with Gasteiger partial charge in [0.25, 0.3) is 0 Å². The van der Waals surface area contributed by atoms with Crippen LogP contribution in [0.15, 0.2) is 77.3 Å². The molecule has 0 N–H and O–H groups in total. The normalized spacial score (nSPS) is 14.5. The highest BCUT2D eigenvalue weighted by Gasteiger charge is 2.24. The van der Waals surface area contributed by atoms with Gasteiger partial charge in [0.1, 0.15) is 5.76 Å². The lowest BCUT2D eigenvalue weighted by molar-refractivity contribution is 0.0600. The summed E-state index contributed by atoms with van der Waals surface area (Å²) < 4.78 is 16.4. The van der Waals surface area contributed by atoms with Gasteiger partial charge in [0.15, 0.2) is 11.3 Å². The van der Waals surface area contributed by atoms with Crippen molar-refractivity contribution in [1.29, 1.82) is 0 Å². The number of rotatable bonds is 3. The zero-order valence-corrected chi connectivity index (χ0v) is 20.4. The Morgan fingerprint density at radius 2 is 1.76 bits per heavy atom. The molecule has 8 heteroatoms. The molecule has 0 amide bonds. The summed E-state index contributed by atoms with van der Waals surface area (Å²) in [6, 6.07) is 14.6. The monoisotopic (exact) mass is 483 g/mol. The Morgan fingerprint density at radius 1 is 0.970 bits per heavy atom. The number of fused-ring (bicyclic) bond motifs is 2. The van der Waals surface area contributed by atoms with E-state index in [2.05, 4.69) is 0 Å². The number of esters is 1. The molecule has 5 rings (SSSR count). The minimum Gasteiger partial charge on any atom is -0.465 e. The third kappa shape index (κ3) is 4.98. The molecule has 2 aliphatic rings. The van der Waals surface area contributed by atoms with Gasteiger partial charge in [0, 0.05) is 50.4 Å². The molecule has 0 aliphatic carbocycles. The molecule has 0 spiro atoms. The molecule has 2 aromatic carbocycles. The van der Waals surface area contributed by atoms with Gasteiger partial charge in [-0.15, -0.1) is 0 Å². The van der Waals surface area contributed by atoms with Crippen LogP contribution in [0.3, 0.4) is 0 Å². The maximum atomic E-state index is 12.4. The Balaban J connectivity index is 0.00000126. The highest BCUT2D eigenvalue weighted by Crippen LogP contribution is 2.52. The molecule has 33 heavy (non-hydrogen) atoms. The van der Waals surface area contributed by atoms with Crippen LogP contribution in [0, 0.1) is 0 Å². The number of hydrogen-bond donors (Lipinski definition) is 0. The smallest absolute Gasteiger partial charge is 0.337 e. The van der Waals surface area contributed by atoms with Crippen molar-refractivity contribution in [1.82, 2.24) is 0 Å². The summed E-state index contributed by atoms with van der Waals surface area (Å²) in [5.74, 6) is 0.767. The van der Waals surface area contributed by atoms with Gasteiger partial charge < -0.3 is 18.8 Å². The zero-order chi connectivity index (χ0) is 23.4. The Bertz CT molecular complexity index is 1220. The molecule has 0 atom stereocenters. The van der Waals surface area contributed by atoms with E-state index < -0.39 is 0 Å². The number of nitrogens with zero attached hydrogens (tertiary/aromatic N) is 1. The van der Waals surface area contributed by atoms with Crippen LogP contribution in [0.5, 0.6) is 0 Å². The molecule has 0 bridgehead atoms. The molecular weight excluding hydrogens is 458 g/mol. The van der Waals surface area contributed by atoms with Gasteiger partial charge in [-0.3, -0.25) is 4.79 Å².